The number of nitrogens with one attached hydrogen (secondary N) is 1. The normalized spacial score (nSPS) is 10.9. The summed E-state index contributed by atoms with van der Waals surface area (Å²) in [5.74, 6) is -0.346. The Balaban J connectivity index is 1.82. The first-order valence-corrected chi connectivity index (χ1v) is 6.28. The molecule has 0 fully saturated rings. The number of hydrogen-bond acceptors (Lipinski definition) is 4. The summed E-state index contributed by atoms with van der Waals surface area (Å²) < 4.78 is 3.16. The molecule has 0 unspecified atom stereocenters. The van der Waals surface area contributed by atoms with Crippen LogP contribution in [0.1, 0.15) is 16.2 Å². The first kappa shape index (κ1) is 12.6. The fourth-order valence-corrected chi connectivity index (χ4v) is 2.09. The lowest BCUT2D eigenvalue weighted by Crippen LogP contribution is -2.24. The second kappa shape index (κ2) is 4.93. The SMILES string of the molecule is Cn1nccc1CNC(=O)c1nn2cccnc2c1Cl. The fourth-order valence-electron chi connectivity index (χ4n) is 1.83. The molecule has 3 aromatic rings. The number of hydrogen-bond donors (Lipinski definition) is 1. The molecular formula is C12H11ClN6O. The molecule has 3 rings (SSSR count). The molecule has 102 valence electrons. The van der Waals surface area contributed by atoms with Crippen molar-refractivity contribution in [2.24, 2.45) is 7.05 Å². The average molecular weight is 291 g/mol. The van der Waals surface area contributed by atoms with E-state index in [-0.39, 0.29) is 16.6 Å². The van der Waals surface area contributed by atoms with Gasteiger partial charge in [0.2, 0.25) is 0 Å². The summed E-state index contributed by atoms with van der Waals surface area (Å²) >= 11 is 6.12. The van der Waals surface area contributed by atoms with Crippen molar-refractivity contribution in [2.45, 2.75) is 6.54 Å². The van der Waals surface area contributed by atoms with Gasteiger partial charge in [0.1, 0.15) is 5.02 Å². The highest BCUT2D eigenvalue weighted by Gasteiger charge is 2.18. The Kier molecular flexibility index (Phi) is 3.11. The highest BCUT2D eigenvalue weighted by atomic mass is 35.5. The van der Waals surface area contributed by atoms with Gasteiger partial charge in [0.05, 0.1) is 12.2 Å². The van der Waals surface area contributed by atoms with Crippen LogP contribution >= 0.6 is 11.6 Å². The first-order chi connectivity index (χ1) is 9.66. The van der Waals surface area contributed by atoms with Crippen molar-refractivity contribution in [3.05, 3.63) is 47.1 Å². The lowest BCUT2D eigenvalue weighted by atomic mass is 10.3. The van der Waals surface area contributed by atoms with Crippen molar-refractivity contribution >= 4 is 23.2 Å². The molecule has 3 heterocycles. The zero-order chi connectivity index (χ0) is 14.1. The lowest BCUT2D eigenvalue weighted by molar-refractivity contribution is 0.0945. The predicted octanol–water partition coefficient (Wildman–Crippen LogP) is 1.05. The summed E-state index contributed by atoms with van der Waals surface area (Å²) in [4.78, 5) is 16.2. The molecule has 0 aliphatic carbocycles. The summed E-state index contributed by atoms with van der Waals surface area (Å²) in [5.41, 5.74) is 1.50. The Bertz CT molecular complexity index is 777. The van der Waals surface area contributed by atoms with Crippen molar-refractivity contribution in [1.82, 2.24) is 29.7 Å². The third kappa shape index (κ3) is 2.12. The van der Waals surface area contributed by atoms with E-state index in [4.69, 9.17) is 11.6 Å². The zero-order valence-corrected chi connectivity index (χ0v) is 11.4. The van der Waals surface area contributed by atoms with Crippen molar-refractivity contribution in [2.75, 3.05) is 0 Å². The largest absolute Gasteiger partial charge is 0.345 e. The van der Waals surface area contributed by atoms with Gasteiger partial charge in [-0.1, -0.05) is 11.6 Å². The number of halogens is 1. The van der Waals surface area contributed by atoms with Crippen LogP contribution < -0.4 is 5.32 Å². The van der Waals surface area contributed by atoms with Gasteiger partial charge in [-0.15, -0.1) is 0 Å². The maximum Gasteiger partial charge on any atom is 0.273 e. The van der Waals surface area contributed by atoms with Crippen LogP contribution in [0.25, 0.3) is 5.65 Å². The molecule has 0 spiro atoms. The molecule has 7 nitrogen and oxygen atoms in total. The average Bonchev–Trinajstić information content (AvgIpc) is 3.01. The molecule has 0 atom stereocenters. The van der Waals surface area contributed by atoms with Crippen LogP contribution in [-0.4, -0.2) is 30.3 Å². The van der Waals surface area contributed by atoms with Crippen molar-refractivity contribution < 1.29 is 4.79 Å². The number of amides is 1. The van der Waals surface area contributed by atoms with E-state index in [0.717, 1.165) is 5.69 Å². The molecule has 0 radical (unpaired) electrons. The molecule has 0 aliphatic rings. The topological polar surface area (TPSA) is 77.1 Å². The molecular weight excluding hydrogens is 280 g/mol. The molecule has 0 aromatic carbocycles. The molecule has 0 bridgehead atoms. The molecule has 20 heavy (non-hydrogen) atoms. The molecule has 3 aromatic heterocycles. The van der Waals surface area contributed by atoms with E-state index in [1.54, 1.807) is 29.3 Å². The van der Waals surface area contributed by atoms with Gasteiger partial charge in [0.25, 0.3) is 5.91 Å². The van der Waals surface area contributed by atoms with E-state index in [2.05, 4.69) is 20.5 Å². The Morgan fingerprint density at radius 1 is 1.45 bits per heavy atom. The Morgan fingerprint density at radius 2 is 2.30 bits per heavy atom. The van der Waals surface area contributed by atoms with E-state index >= 15 is 0 Å². The lowest BCUT2D eigenvalue weighted by Gasteiger charge is -2.03. The summed E-state index contributed by atoms with van der Waals surface area (Å²) in [6, 6.07) is 3.54. The van der Waals surface area contributed by atoms with Crippen LogP contribution in [0.3, 0.4) is 0 Å². The van der Waals surface area contributed by atoms with Gasteiger partial charge in [0, 0.05) is 25.6 Å². The van der Waals surface area contributed by atoms with Gasteiger partial charge in [0.15, 0.2) is 11.3 Å². The van der Waals surface area contributed by atoms with Crippen LogP contribution in [0.4, 0.5) is 0 Å². The van der Waals surface area contributed by atoms with Gasteiger partial charge >= 0.3 is 0 Å². The van der Waals surface area contributed by atoms with Gasteiger partial charge < -0.3 is 5.32 Å². The molecule has 8 heteroatoms. The number of carbonyl (C=O) groups excluding carboxylic acids is 1. The minimum atomic E-state index is -0.346. The van der Waals surface area contributed by atoms with Gasteiger partial charge in [-0.05, 0) is 12.1 Å². The second-order valence-corrected chi connectivity index (χ2v) is 4.56. The number of aromatic nitrogens is 5. The zero-order valence-electron chi connectivity index (χ0n) is 10.6. The summed E-state index contributed by atoms with van der Waals surface area (Å²) in [6.45, 7) is 0.354. The minimum Gasteiger partial charge on any atom is -0.345 e. The van der Waals surface area contributed by atoms with E-state index in [1.807, 2.05) is 13.1 Å². The molecule has 1 N–H and O–H groups in total. The van der Waals surface area contributed by atoms with Crippen LogP contribution in [0.2, 0.25) is 5.02 Å². The van der Waals surface area contributed by atoms with Gasteiger partial charge in [-0.3, -0.25) is 9.48 Å². The molecule has 1 amide bonds. The number of nitrogens with zero attached hydrogens (tertiary/aromatic N) is 5. The van der Waals surface area contributed by atoms with Crippen molar-refractivity contribution in [3.63, 3.8) is 0 Å². The number of carbonyl (C=O) groups is 1. The first-order valence-electron chi connectivity index (χ1n) is 5.91. The molecule has 0 saturated carbocycles. The van der Waals surface area contributed by atoms with Crippen LogP contribution in [0.5, 0.6) is 0 Å². The number of aryl methyl sites for hydroxylation is 1. The standard InChI is InChI=1S/C12H11ClN6O/c1-18-8(3-5-16-18)7-15-12(20)10-9(13)11-14-4-2-6-19(11)17-10/h2-6H,7H2,1H3,(H,15,20). The van der Waals surface area contributed by atoms with E-state index < -0.39 is 0 Å². The maximum atomic E-state index is 12.1. The Labute approximate surface area is 119 Å². The third-order valence-corrected chi connectivity index (χ3v) is 3.25. The van der Waals surface area contributed by atoms with Gasteiger partial charge in [-0.25, -0.2) is 9.50 Å². The summed E-state index contributed by atoms with van der Waals surface area (Å²) in [6.07, 6.45) is 4.95. The Morgan fingerprint density at radius 3 is 3.00 bits per heavy atom. The quantitative estimate of drug-likeness (QED) is 0.782. The fraction of sp³-hybridized carbons (Fsp3) is 0.167. The van der Waals surface area contributed by atoms with Crippen LogP contribution in [0, 0.1) is 0 Å². The predicted molar refractivity (Wildman–Crippen MR) is 72.4 cm³/mol. The monoisotopic (exact) mass is 290 g/mol. The highest BCUT2D eigenvalue weighted by molar-refractivity contribution is 6.36. The third-order valence-electron chi connectivity index (χ3n) is 2.91. The number of fused-ring (bicyclic) bond motifs is 1. The van der Waals surface area contributed by atoms with E-state index in [1.165, 1.54) is 4.52 Å². The van der Waals surface area contributed by atoms with E-state index in [9.17, 15) is 4.79 Å². The highest BCUT2D eigenvalue weighted by Crippen LogP contribution is 2.19. The van der Waals surface area contributed by atoms with Crippen LogP contribution in [0.15, 0.2) is 30.7 Å². The Hall–Kier alpha value is -2.41. The smallest absolute Gasteiger partial charge is 0.273 e. The van der Waals surface area contributed by atoms with Gasteiger partial charge in [-0.2, -0.15) is 10.2 Å². The molecule has 0 aliphatic heterocycles. The second-order valence-electron chi connectivity index (χ2n) is 4.18. The van der Waals surface area contributed by atoms with Crippen LogP contribution in [-0.2, 0) is 13.6 Å². The van der Waals surface area contributed by atoms with Crippen molar-refractivity contribution in [1.29, 1.82) is 0 Å². The minimum absolute atomic E-state index is 0.160. The van der Waals surface area contributed by atoms with Crippen molar-refractivity contribution in [3.8, 4) is 0 Å². The molecule has 0 saturated heterocycles. The summed E-state index contributed by atoms with van der Waals surface area (Å²) in [5, 5.41) is 11.2. The maximum absolute atomic E-state index is 12.1. The number of rotatable bonds is 3. The van der Waals surface area contributed by atoms with E-state index in [0.29, 0.717) is 12.2 Å². The summed E-state index contributed by atoms with van der Waals surface area (Å²) in [7, 11) is 1.81.